The smallest absolute Gasteiger partial charge is 0.200 e. The number of halogens is 5. The number of hydrogen-bond donors (Lipinski definition) is 1. The summed E-state index contributed by atoms with van der Waals surface area (Å²) in [6, 6.07) is -1.19. The number of rotatable bonds is 4. The summed E-state index contributed by atoms with van der Waals surface area (Å²) in [5.41, 5.74) is 4.50. The fourth-order valence-electron chi connectivity index (χ4n) is 1.52. The summed E-state index contributed by atoms with van der Waals surface area (Å²) in [5.74, 6) is -9.75. The lowest BCUT2D eigenvalue weighted by molar-refractivity contribution is 0.361. The van der Waals surface area contributed by atoms with E-state index in [1.165, 1.54) is 0 Å². The largest absolute Gasteiger partial charge is 0.324 e. The second-order valence-electron chi connectivity index (χ2n) is 3.73. The van der Waals surface area contributed by atoms with E-state index in [1.54, 1.807) is 0 Å². The van der Waals surface area contributed by atoms with Gasteiger partial charge in [-0.05, 0) is 6.42 Å². The van der Waals surface area contributed by atoms with Crippen LogP contribution in [0.2, 0.25) is 0 Å². The fraction of sp³-hybridized carbons (Fsp3) is 0.455. The molecule has 0 amide bonds. The summed E-state index contributed by atoms with van der Waals surface area (Å²) in [6.07, 6.45) is 1.42. The highest BCUT2D eigenvalue weighted by atomic mass is 19.2. The molecule has 0 bridgehead atoms. The Kier molecular flexibility index (Phi) is 4.45. The zero-order chi connectivity index (χ0) is 13.2. The van der Waals surface area contributed by atoms with Gasteiger partial charge in [0.15, 0.2) is 23.3 Å². The number of benzene rings is 1. The maximum Gasteiger partial charge on any atom is 0.200 e. The van der Waals surface area contributed by atoms with Crippen LogP contribution < -0.4 is 5.73 Å². The highest BCUT2D eigenvalue weighted by molar-refractivity contribution is 5.26. The first-order chi connectivity index (χ1) is 7.91. The number of nitrogens with two attached hydrogens (primary N) is 1. The Labute approximate surface area is 95.4 Å². The van der Waals surface area contributed by atoms with Gasteiger partial charge in [-0.15, -0.1) is 0 Å². The molecular weight excluding hydrogens is 241 g/mol. The summed E-state index contributed by atoms with van der Waals surface area (Å²) in [4.78, 5) is 0. The molecule has 1 aromatic carbocycles. The van der Waals surface area contributed by atoms with Crippen molar-refractivity contribution in [3.63, 3.8) is 0 Å². The Balaban J connectivity index is 3.24. The molecule has 0 aromatic heterocycles. The van der Waals surface area contributed by atoms with Crippen molar-refractivity contribution in [1.82, 2.24) is 0 Å². The molecule has 2 N–H and O–H groups in total. The quantitative estimate of drug-likeness (QED) is 0.495. The number of hydrogen-bond acceptors (Lipinski definition) is 1. The average Bonchev–Trinajstić information content (AvgIpc) is 2.31. The molecule has 0 spiro atoms. The van der Waals surface area contributed by atoms with Crippen LogP contribution in [0.25, 0.3) is 0 Å². The molecule has 0 saturated heterocycles. The third kappa shape index (κ3) is 2.57. The van der Waals surface area contributed by atoms with E-state index in [-0.39, 0.29) is 6.42 Å². The fourth-order valence-corrected chi connectivity index (χ4v) is 1.52. The maximum absolute atomic E-state index is 13.3. The van der Waals surface area contributed by atoms with Gasteiger partial charge >= 0.3 is 0 Å². The van der Waals surface area contributed by atoms with Crippen LogP contribution in [0, 0.1) is 29.1 Å². The summed E-state index contributed by atoms with van der Waals surface area (Å²) in [6.45, 7) is 1.82. The van der Waals surface area contributed by atoms with Crippen molar-refractivity contribution in [3.05, 3.63) is 34.6 Å². The van der Waals surface area contributed by atoms with Crippen molar-refractivity contribution in [1.29, 1.82) is 0 Å². The molecule has 0 aliphatic heterocycles. The first-order valence-electron chi connectivity index (χ1n) is 5.18. The van der Waals surface area contributed by atoms with Gasteiger partial charge in [0.05, 0.1) is 0 Å². The highest BCUT2D eigenvalue weighted by Gasteiger charge is 2.28. The molecule has 0 aliphatic rings. The van der Waals surface area contributed by atoms with Crippen LogP contribution in [-0.2, 0) is 0 Å². The summed E-state index contributed by atoms with van der Waals surface area (Å²) in [5, 5.41) is 0. The van der Waals surface area contributed by atoms with Gasteiger partial charge in [0.2, 0.25) is 5.82 Å². The molecule has 17 heavy (non-hydrogen) atoms. The molecule has 0 saturated carbocycles. The van der Waals surface area contributed by atoms with Gasteiger partial charge in [0.25, 0.3) is 0 Å². The Hall–Kier alpha value is -1.17. The van der Waals surface area contributed by atoms with Crippen molar-refractivity contribution in [2.75, 3.05) is 0 Å². The normalized spacial score (nSPS) is 12.9. The molecule has 0 radical (unpaired) electrons. The molecule has 1 aromatic rings. The van der Waals surface area contributed by atoms with E-state index in [2.05, 4.69) is 0 Å². The lowest BCUT2D eigenvalue weighted by Gasteiger charge is -2.14. The standard InChI is InChI=1S/C11H12F5N/c1-2-3-4-5(17)6-7(12)9(14)11(16)10(15)8(6)13/h5H,2-4,17H2,1H3/t5-/m0/s1. The maximum atomic E-state index is 13.3. The Bertz CT molecular complexity index is 390. The topological polar surface area (TPSA) is 26.0 Å². The zero-order valence-corrected chi connectivity index (χ0v) is 9.17. The van der Waals surface area contributed by atoms with E-state index in [4.69, 9.17) is 5.73 Å². The van der Waals surface area contributed by atoms with Gasteiger partial charge in [-0.2, -0.15) is 0 Å². The van der Waals surface area contributed by atoms with E-state index >= 15 is 0 Å². The van der Waals surface area contributed by atoms with Crippen molar-refractivity contribution < 1.29 is 22.0 Å². The molecule has 0 aliphatic carbocycles. The minimum absolute atomic E-state index is 0.162. The Morgan fingerprint density at radius 1 is 0.882 bits per heavy atom. The third-order valence-corrected chi connectivity index (χ3v) is 2.48. The second kappa shape index (κ2) is 5.44. The third-order valence-electron chi connectivity index (χ3n) is 2.48. The monoisotopic (exact) mass is 253 g/mol. The lowest BCUT2D eigenvalue weighted by atomic mass is 10.00. The molecule has 0 fully saturated rings. The molecule has 6 heteroatoms. The molecule has 96 valence electrons. The summed E-state index contributed by atoms with van der Waals surface area (Å²) >= 11 is 0. The van der Waals surface area contributed by atoms with Crippen LogP contribution in [0.3, 0.4) is 0 Å². The van der Waals surface area contributed by atoms with Crippen LogP contribution in [-0.4, -0.2) is 0 Å². The van der Waals surface area contributed by atoms with Crippen molar-refractivity contribution >= 4 is 0 Å². The minimum atomic E-state index is -2.16. The Morgan fingerprint density at radius 2 is 1.29 bits per heavy atom. The first kappa shape index (κ1) is 13.9. The second-order valence-corrected chi connectivity index (χ2v) is 3.73. The van der Waals surface area contributed by atoms with Crippen molar-refractivity contribution in [2.24, 2.45) is 5.73 Å². The van der Waals surface area contributed by atoms with Crippen LogP contribution in [0.1, 0.15) is 37.8 Å². The van der Waals surface area contributed by atoms with Gasteiger partial charge in [-0.3, -0.25) is 0 Å². The van der Waals surface area contributed by atoms with Crippen molar-refractivity contribution in [3.8, 4) is 0 Å². The van der Waals surface area contributed by atoms with Gasteiger partial charge in [0, 0.05) is 11.6 Å². The van der Waals surface area contributed by atoms with Gasteiger partial charge in [0.1, 0.15) is 0 Å². The molecule has 1 rings (SSSR count). The highest BCUT2D eigenvalue weighted by Crippen LogP contribution is 2.28. The SMILES string of the molecule is CCCC[C@H](N)c1c(F)c(F)c(F)c(F)c1F. The predicted octanol–water partition coefficient (Wildman–Crippen LogP) is 3.57. The predicted molar refractivity (Wildman–Crippen MR) is 52.7 cm³/mol. The lowest BCUT2D eigenvalue weighted by Crippen LogP contribution is -2.17. The van der Waals surface area contributed by atoms with Crippen LogP contribution in [0.5, 0.6) is 0 Å². The first-order valence-corrected chi connectivity index (χ1v) is 5.18. The average molecular weight is 253 g/mol. The molecule has 1 atom stereocenters. The number of unbranched alkanes of at least 4 members (excludes halogenated alkanes) is 1. The van der Waals surface area contributed by atoms with E-state index in [9.17, 15) is 22.0 Å². The summed E-state index contributed by atoms with van der Waals surface area (Å²) in [7, 11) is 0. The van der Waals surface area contributed by atoms with Crippen LogP contribution in [0.15, 0.2) is 0 Å². The van der Waals surface area contributed by atoms with Crippen LogP contribution in [0.4, 0.5) is 22.0 Å². The molecular formula is C11H12F5N. The molecule has 1 nitrogen and oxygen atoms in total. The van der Waals surface area contributed by atoms with E-state index in [0.717, 1.165) is 0 Å². The minimum Gasteiger partial charge on any atom is -0.324 e. The zero-order valence-electron chi connectivity index (χ0n) is 9.17. The van der Waals surface area contributed by atoms with Gasteiger partial charge < -0.3 is 5.73 Å². The van der Waals surface area contributed by atoms with Gasteiger partial charge in [-0.25, -0.2) is 22.0 Å². The Morgan fingerprint density at radius 3 is 1.71 bits per heavy atom. The van der Waals surface area contributed by atoms with Crippen LogP contribution >= 0.6 is 0 Å². The molecule has 0 heterocycles. The van der Waals surface area contributed by atoms with Gasteiger partial charge in [-0.1, -0.05) is 19.8 Å². The van der Waals surface area contributed by atoms with Crippen molar-refractivity contribution in [2.45, 2.75) is 32.2 Å². The molecule has 0 unspecified atom stereocenters. The van der Waals surface area contributed by atoms with E-state index < -0.39 is 40.7 Å². The summed E-state index contributed by atoms with van der Waals surface area (Å²) < 4.78 is 65.0. The van der Waals surface area contributed by atoms with E-state index in [1.807, 2.05) is 6.92 Å². The van der Waals surface area contributed by atoms with E-state index in [0.29, 0.717) is 12.8 Å².